The predicted octanol–water partition coefficient (Wildman–Crippen LogP) is 3.18. The van der Waals surface area contributed by atoms with E-state index in [0.717, 1.165) is 5.56 Å². The summed E-state index contributed by atoms with van der Waals surface area (Å²) in [6, 6.07) is 14.1. The first-order valence-corrected chi connectivity index (χ1v) is 11.1. The number of anilines is 2. The molecule has 0 unspecified atom stereocenters. The summed E-state index contributed by atoms with van der Waals surface area (Å²) >= 11 is 0. The Morgan fingerprint density at radius 2 is 1.86 bits per heavy atom. The van der Waals surface area contributed by atoms with Gasteiger partial charge >= 0.3 is 5.97 Å². The number of benzene rings is 2. The second-order valence-corrected chi connectivity index (χ2v) is 7.74. The molecule has 1 aromatic heterocycles. The van der Waals surface area contributed by atoms with E-state index in [1.54, 1.807) is 48.7 Å². The van der Waals surface area contributed by atoms with Gasteiger partial charge in [-0.15, -0.1) is 0 Å². The Kier molecular flexibility index (Phi) is 7.00. The van der Waals surface area contributed by atoms with E-state index in [0.29, 0.717) is 34.4 Å². The van der Waals surface area contributed by atoms with Crippen molar-refractivity contribution in [1.82, 2.24) is 14.8 Å². The second kappa shape index (κ2) is 10.3. The molecule has 1 aliphatic rings. The van der Waals surface area contributed by atoms with E-state index in [1.165, 1.54) is 13.4 Å². The van der Waals surface area contributed by atoms with E-state index >= 15 is 0 Å². The highest BCUT2D eigenvalue weighted by atomic mass is 16.5. The minimum atomic E-state index is -0.534. The first-order valence-electron chi connectivity index (χ1n) is 11.1. The third-order valence-corrected chi connectivity index (χ3v) is 5.70. The third kappa shape index (κ3) is 4.68. The predicted molar refractivity (Wildman–Crippen MR) is 129 cm³/mol. The van der Waals surface area contributed by atoms with Crippen LogP contribution in [0, 0.1) is 0 Å². The number of fused-ring (bicyclic) bond motifs is 1. The molecule has 1 amide bonds. The number of amides is 1. The lowest BCUT2D eigenvalue weighted by Gasteiger charge is -2.35. The lowest BCUT2D eigenvalue weighted by molar-refractivity contribution is -0.139. The van der Waals surface area contributed by atoms with Gasteiger partial charge in [-0.3, -0.25) is 4.79 Å². The zero-order valence-electron chi connectivity index (χ0n) is 20.0. The smallest absolute Gasteiger partial charge is 0.338 e. The summed E-state index contributed by atoms with van der Waals surface area (Å²) in [6.07, 6.45) is 1.41. The Morgan fingerprint density at radius 3 is 2.54 bits per heavy atom. The fourth-order valence-corrected chi connectivity index (χ4v) is 4.07. The molecule has 0 aliphatic carbocycles. The average Bonchev–Trinajstić information content (AvgIpc) is 3.35. The largest absolute Gasteiger partial charge is 0.497 e. The zero-order valence-corrected chi connectivity index (χ0v) is 20.0. The Hall–Kier alpha value is -4.34. The Balaban J connectivity index is 1.69. The Bertz CT molecular complexity index is 1250. The van der Waals surface area contributed by atoms with Crippen LogP contribution in [0.15, 0.2) is 66.1 Å². The number of rotatable bonds is 8. The molecule has 1 N–H and O–H groups in total. The summed E-state index contributed by atoms with van der Waals surface area (Å²) in [5.74, 6) is 0.712. The molecule has 182 valence electrons. The standard InChI is InChI=1S/C25H27N5O5/c1-5-35-24(32)22-16(2)29(14-21(31)28-19-12-11-18(33-3)13-20(19)34-4)25-26-15-27-30(25)23(22)17-9-7-6-8-10-17/h6-13,15,23H,5,14H2,1-4H3,(H,28,31)/t23-/m1/s1. The highest BCUT2D eigenvalue weighted by Gasteiger charge is 2.38. The number of carbonyl (C=O) groups is 2. The van der Waals surface area contributed by atoms with Crippen LogP contribution in [0.4, 0.5) is 11.6 Å². The Morgan fingerprint density at radius 1 is 1.09 bits per heavy atom. The van der Waals surface area contributed by atoms with Crippen molar-refractivity contribution in [3.05, 3.63) is 71.7 Å². The van der Waals surface area contributed by atoms with E-state index in [9.17, 15) is 9.59 Å². The van der Waals surface area contributed by atoms with Gasteiger partial charge in [0.25, 0.3) is 0 Å². The lowest BCUT2D eigenvalue weighted by atomic mass is 9.95. The van der Waals surface area contributed by atoms with Crippen LogP contribution in [0.3, 0.4) is 0 Å². The van der Waals surface area contributed by atoms with Crippen LogP contribution in [0.2, 0.25) is 0 Å². The number of carbonyl (C=O) groups excluding carboxylic acids is 2. The first-order chi connectivity index (χ1) is 17.0. The maximum atomic E-state index is 13.1. The number of aromatic nitrogens is 3. The van der Waals surface area contributed by atoms with Crippen LogP contribution in [0.5, 0.6) is 11.5 Å². The highest BCUT2D eigenvalue weighted by molar-refractivity contribution is 5.97. The molecule has 1 atom stereocenters. The van der Waals surface area contributed by atoms with Gasteiger partial charge in [0.2, 0.25) is 11.9 Å². The molecular weight excluding hydrogens is 450 g/mol. The quantitative estimate of drug-likeness (QED) is 0.493. The van der Waals surface area contributed by atoms with E-state index in [4.69, 9.17) is 14.2 Å². The molecule has 2 aromatic carbocycles. The molecule has 3 aromatic rings. The number of hydrogen-bond acceptors (Lipinski definition) is 8. The van der Waals surface area contributed by atoms with Gasteiger partial charge in [0.05, 0.1) is 32.1 Å². The maximum absolute atomic E-state index is 13.1. The van der Waals surface area contributed by atoms with Crippen LogP contribution in [-0.4, -0.2) is 54.0 Å². The summed E-state index contributed by atoms with van der Waals surface area (Å²) in [7, 11) is 3.07. The van der Waals surface area contributed by atoms with Crippen molar-refractivity contribution in [2.75, 3.05) is 37.6 Å². The average molecular weight is 478 g/mol. The summed E-state index contributed by atoms with van der Waals surface area (Å²) in [4.78, 5) is 32.2. The van der Waals surface area contributed by atoms with Gasteiger partial charge in [-0.25, -0.2) is 9.48 Å². The van der Waals surface area contributed by atoms with Gasteiger partial charge in [-0.1, -0.05) is 30.3 Å². The summed E-state index contributed by atoms with van der Waals surface area (Å²) < 4.78 is 17.6. The molecule has 10 nitrogen and oxygen atoms in total. The van der Waals surface area contributed by atoms with Crippen molar-refractivity contribution in [3.63, 3.8) is 0 Å². The van der Waals surface area contributed by atoms with Crippen molar-refractivity contribution in [3.8, 4) is 11.5 Å². The van der Waals surface area contributed by atoms with Crippen LogP contribution in [0.1, 0.15) is 25.5 Å². The lowest BCUT2D eigenvalue weighted by Crippen LogP contribution is -2.40. The normalized spacial score (nSPS) is 14.9. The molecule has 0 saturated carbocycles. The van der Waals surface area contributed by atoms with Gasteiger partial charge in [0.1, 0.15) is 30.4 Å². The van der Waals surface area contributed by atoms with Crippen molar-refractivity contribution in [2.24, 2.45) is 0 Å². The molecule has 0 fully saturated rings. The van der Waals surface area contributed by atoms with Crippen molar-refractivity contribution in [1.29, 1.82) is 0 Å². The second-order valence-electron chi connectivity index (χ2n) is 7.74. The zero-order chi connectivity index (χ0) is 24.9. The number of ether oxygens (including phenoxy) is 3. The molecule has 0 radical (unpaired) electrons. The monoisotopic (exact) mass is 477 g/mol. The van der Waals surface area contributed by atoms with Gasteiger partial charge < -0.3 is 24.4 Å². The number of nitrogens with zero attached hydrogens (tertiary/aromatic N) is 4. The molecule has 0 spiro atoms. The van der Waals surface area contributed by atoms with Crippen LogP contribution < -0.4 is 19.7 Å². The van der Waals surface area contributed by atoms with Crippen molar-refractivity contribution in [2.45, 2.75) is 19.9 Å². The van der Waals surface area contributed by atoms with E-state index in [1.807, 2.05) is 30.3 Å². The molecule has 0 saturated heterocycles. The van der Waals surface area contributed by atoms with Crippen LogP contribution in [-0.2, 0) is 14.3 Å². The number of nitrogens with one attached hydrogen (secondary N) is 1. The van der Waals surface area contributed by atoms with Gasteiger partial charge in [0, 0.05) is 11.8 Å². The minimum absolute atomic E-state index is 0.107. The SMILES string of the molecule is CCOC(=O)C1=C(C)N(CC(=O)Nc2ccc(OC)cc2OC)c2ncnn2[C@@H]1c1ccccc1. The topological polar surface area (TPSA) is 108 Å². The Labute approximate surface area is 203 Å². The summed E-state index contributed by atoms with van der Waals surface area (Å²) in [5, 5.41) is 7.24. The van der Waals surface area contributed by atoms with Gasteiger partial charge in [0.15, 0.2) is 0 Å². The van der Waals surface area contributed by atoms with Crippen LogP contribution in [0.25, 0.3) is 0 Å². The molecule has 4 rings (SSSR count). The minimum Gasteiger partial charge on any atom is -0.497 e. The molecule has 0 bridgehead atoms. The number of methoxy groups -OCH3 is 2. The molecule has 2 heterocycles. The van der Waals surface area contributed by atoms with E-state index in [2.05, 4.69) is 15.4 Å². The van der Waals surface area contributed by atoms with E-state index in [-0.39, 0.29) is 19.1 Å². The summed E-state index contributed by atoms with van der Waals surface area (Å²) in [6.45, 7) is 3.65. The van der Waals surface area contributed by atoms with Gasteiger partial charge in [-0.2, -0.15) is 10.1 Å². The summed E-state index contributed by atoms with van der Waals surface area (Å²) in [5.41, 5.74) is 2.31. The third-order valence-electron chi connectivity index (χ3n) is 5.70. The highest BCUT2D eigenvalue weighted by Crippen LogP contribution is 2.38. The molecule has 35 heavy (non-hydrogen) atoms. The number of allylic oxidation sites excluding steroid dienone is 1. The molecule has 1 aliphatic heterocycles. The van der Waals surface area contributed by atoms with Gasteiger partial charge in [-0.05, 0) is 31.5 Å². The fourth-order valence-electron chi connectivity index (χ4n) is 4.07. The maximum Gasteiger partial charge on any atom is 0.338 e. The number of hydrogen-bond donors (Lipinski definition) is 1. The van der Waals surface area contributed by atoms with Crippen molar-refractivity contribution >= 4 is 23.5 Å². The molecule has 10 heteroatoms. The van der Waals surface area contributed by atoms with Crippen molar-refractivity contribution < 1.29 is 23.8 Å². The first kappa shape index (κ1) is 23.8. The molecular formula is C25H27N5O5. The fraction of sp³-hybridized carbons (Fsp3) is 0.280. The van der Waals surface area contributed by atoms with E-state index < -0.39 is 12.0 Å². The van der Waals surface area contributed by atoms with Crippen LogP contribution >= 0.6 is 0 Å². The number of esters is 1.